The minimum Gasteiger partial charge on any atom is -0.478 e. The Morgan fingerprint density at radius 3 is 3.14 bits per heavy atom. The molecular weight excluding hydrogens is 186 g/mol. The molecule has 1 heterocycles. The molecule has 0 aromatic carbocycles. The number of nitrogens with zero attached hydrogens (tertiary/aromatic N) is 2. The molecule has 14 heavy (non-hydrogen) atoms. The SMILES string of the molecule is CC(=CC(=O)O)CNCc1ncon1. The fourth-order valence-electron chi connectivity index (χ4n) is 0.904. The average Bonchev–Trinajstić information content (AvgIpc) is 2.55. The highest BCUT2D eigenvalue weighted by atomic mass is 16.5. The first kappa shape index (κ1) is 10.4. The van der Waals surface area contributed by atoms with E-state index in [1.807, 2.05) is 0 Å². The molecule has 0 aliphatic rings. The molecule has 0 spiro atoms. The smallest absolute Gasteiger partial charge is 0.328 e. The predicted octanol–water partition coefficient (Wildman–Crippen LogP) is 0.190. The van der Waals surface area contributed by atoms with Crippen molar-refractivity contribution in [2.75, 3.05) is 6.54 Å². The molecule has 0 aliphatic carbocycles. The summed E-state index contributed by atoms with van der Waals surface area (Å²) in [5.74, 6) is -0.392. The van der Waals surface area contributed by atoms with E-state index in [1.54, 1.807) is 6.92 Å². The Bertz CT molecular complexity index is 319. The Morgan fingerprint density at radius 2 is 2.57 bits per heavy atom. The van der Waals surface area contributed by atoms with Crippen molar-refractivity contribution in [3.8, 4) is 0 Å². The minimum absolute atomic E-state index is 0.460. The number of aromatic nitrogens is 2. The topological polar surface area (TPSA) is 88.2 Å². The van der Waals surface area contributed by atoms with Crippen molar-refractivity contribution in [1.29, 1.82) is 0 Å². The fourth-order valence-corrected chi connectivity index (χ4v) is 0.904. The zero-order chi connectivity index (χ0) is 10.4. The normalized spacial score (nSPS) is 11.6. The maximum atomic E-state index is 10.3. The van der Waals surface area contributed by atoms with Crippen molar-refractivity contribution in [1.82, 2.24) is 15.5 Å². The summed E-state index contributed by atoms with van der Waals surface area (Å²) in [4.78, 5) is 14.1. The lowest BCUT2D eigenvalue weighted by molar-refractivity contribution is -0.131. The number of rotatable bonds is 5. The van der Waals surface area contributed by atoms with Crippen molar-refractivity contribution >= 4 is 5.97 Å². The van der Waals surface area contributed by atoms with E-state index in [9.17, 15) is 4.79 Å². The van der Waals surface area contributed by atoms with E-state index in [-0.39, 0.29) is 0 Å². The highest BCUT2D eigenvalue weighted by molar-refractivity contribution is 5.80. The molecule has 76 valence electrons. The van der Waals surface area contributed by atoms with Gasteiger partial charge in [-0.1, -0.05) is 10.7 Å². The van der Waals surface area contributed by atoms with E-state index in [2.05, 4.69) is 20.0 Å². The molecule has 0 aliphatic heterocycles. The molecule has 0 atom stereocenters. The van der Waals surface area contributed by atoms with Crippen molar-refractivity contribution < 1.29 is 14.4 Å². The van der Waals surface area contributed by atoms with Gasteiger partial charge in [0, 0.05) is 12.6 Å². The lowest BCUT2D eigenvalue weighted by Crippen LogP contribution is -2.17. The van der Waals surface area contributed by atoms with Gasteiger partial charge in [0.25, 0.3) is 0 Å². The van der Waals surface area contributed by atoms with Crippen LogP contribution in [-0.2, 0) is 11.3 Å². The molecule has 0 bridgehead atoms. The van der Waals surface area contributed by atoms with Crippen LogP contribution >= 0.6 is 0 Å². The molecule has 0 saturated heterocycles. The number of hydrogen-bond acceptors (Lipinski definition) is 5. The molecule has 1 aromatic heterocycles. The molecule has 6 heteroatoms. The van der Waals surface area contributed by atoms with Crippen LogP contribution in [0.15, 0.2) is 22.6 Å². The Hall–Kier alpha value is -1.69. The summed E-state index contributed by atoms with van der Waals surface area (Å²) in [5.41, 5.74) is 0.737. The lowest BCUT2D eigenvalue weighted by Gasteiger charge is -2.00. The number of nitrogens with one attached hydrogen (secondary N) is 1. The highest BCUT2D eigenvalue weighted by Gasteiger charge is 1.98. The number of carbonyl (C=O) groups is 1. The fraction of sp³-hybridized carbons (Fsp3) is 0.375. The first-order chi connectivity index (χ1) is 6.68. The third kappa shape index (κ3) is 3.81. The van der Waals surface area contributed by atoms with Gasteiger partial charge in [0.05, 0.1) is 6.54 Å². The molecule has 1 aromatic rings. The molecule has 0 amide bonds. The van der Waals surface area contributed by atoms with E-state index in [0.29, 0.717) is 18.9 Å². The van der Waals surface area contributed by atoms with E-state index in [1.165, 1.54) is 6.39 Å². The van der Waals surface area contributed by atoms with Crippen LogP contribution in [0, 0.1) is 0 Å². The van der Waals surface area contributed by atoms with Crippen LogP contribution in [0.1, 0.15) is 12.7 Å². The average molecular weight is 197 g/mol. The molecule has 0 radical (unpaired) electrons. The molecule has 0 saturated carbocycles. The maximum Gasteiger partial charge on any atom is 0.328 e. The number of hydrogen-bond donors (Lipinski definition) is 2. The van der Waals surface area contributed by atoms with Crippen LogP contribution < -0.4 is 5.32 Å². The molecule has 1 rings (SSSR count). The monoisotopic (exact) mass is 197 g/mol. The highest BCUT2D eigenvalue weighted by Crippen LogP contribution is 1.91. The first-order valence-electron chi connectivity index (χ1n) is 4.04. The van der Waals surface area contributed by atoms with Gasteiger partial charge in [-0.25, -0.2) is 4.79 Å². The lowest BCUT2D eigenvalue weighted by atomic mass is 10.3. The van der Waals surface area contributed by atoms with E-state index in [0.717, 1.165) is 11.6 Å². The molecular formula is C8H11N3O3. The van der Waals surface area contributed by atoms with Gasteiger partial charge in [0.1, 0.15) is 0 Å². The second kappa shape index (κ2) is 5.13. The Balaban J connectivity index is 2.25. The van der Waals surface area contributed by atoms with Crippen molar-refractivity contribution in [3.05, 3.63) is 23.9 Å². The van der Waals surface area contributed by atoms with Gasteiger partial charge in [0.15, 0.2) is 5.82 Å². The largest absolute Gasteiger partial charge is 0.478 e. The van der Waals surface area contributed by atoms with Crippen LogP contribution in [0.2, 0.25) is 0 Å². The first-order valence-corrected chi connectivity index (χ1v) is 4.04. The van der Waals surface area contributed by atoms with Crippen molar-refractivity contribution in [2.45, 2.75) is 13.5 Å². The Kier molecular flexibility index (Phi) is 3.81. The summed E-state index contributed by atoms with van der Waals surface area (Å²) in [5, 5.41) is 15.0. The summed E-state index contributed by atoms with van der Waals surface area (Å²) in [6.45, 7) is 2.68. The Morgan fingerprint density at radius 1 is 1.79 bits per heavy atom. The zero-order valence-electron chi connectivity index (χ0n) is 7.73. The summed E-state index contributed by atoms with van der Waals surface area (Å²) in [6, 6.07) is 0. The summed E-state index contributed by atoms with van der Waals surface area (Å²) < 4.78 is 4.53. The van der Waals surface area contributed by atoms with Gasteiger partial charge in [-0.3, -0.25) is 0 Å². The van der Waals surface area contributed by atoms with E-state index in [4.69, 9.17) is 5.11 Å². The second-order valence-electron chi connectivity index (χ2n) is 2.78. The van der Waals surface area contributed by atoms with Crippen molar-refractivity contribution in [2.24, 2.45) is 0 Å². The van der Waals surface area contributed by atoms with Crippen LogP contribution in [-0.4, -0.2) is 27.8 Å². The molecule has 6 nitrogen and oxygen atoms in total. The van der Waals surface area contributed by atoms with Gasteiger partial charge in [0.2, 0.25) is 6.39 Å². The number of aliphatic carboxylic acids is 1. The quantitative estimate of drug-likeness (QED) is 0.655. The van der Waals surface area contributed by atoms with Gasteiger partial charge >= 0.3 is 5.97 Å². The molecule has 2 N–H and O–H groups in total. The summed E-state index contributed by atoms with van der Waals surface area (Å²) >= 11 is 0. The standard InChI is InChI=1S/C8H11N3O3/c1-6(2-8(12)13)3-9-4-7-10-5-14-11-7/h2,5,9H,3-4H2,1H3,(H,12,13). The maximum absolute atomic E-state index is 10.3. The third-order valence-electron chi connectivity index (χ3n) is 1.46. The van der Waals surface area contributed by atoms with Crippen molar-refractivity contribution in [3.63, 3.8) is 0 Å². The van der Waals surface area contributed by atoms with Crippen LogP contribution in [0.3, 0.4) is 0 Å². The number of carboxylic acids is 1. The molecule has 0 fully saturated rings. The van der Waals surface area contributed by atoms with E-state index >= 15 is 0 Å². The second-order valence-corrected chi connectivity index (χ2v) is 2.78. The van der Waals surface area contributed by atoms with Gasteiger partial charge < -0.3 is 14.9 Å². The summed E-state index contributed by atoms with van der Waals surface area (Å²) in [7, 11) is 0. The van der Waals surface area contributed by atoms with Crippen LogP contribution in [0.5, 0.6) is 0 Å². The zero-order valence-corrected chi connectivity index (χ0v) is 7.73. The van der Waals surface area contributed by atoms with Crippen LogP contribution in [0.4, 0.5) is 0 Å². The van der Waals surface area contributed by atoms with E-state index < -0.39 is 5.97 Å². The van der Waals surface area contributed by atoms with Gasteiger partial charge in [-0.2, -0.15) is 4.98 Å². The van der Waals surface area contributed by atoms with Crippen LogP contribution in [0.25, 0.3) is 0 Å². The van der Waals surface area contributed by atoms with Gasteiger partial charge in [-0.15, -0.1) is 0 Å². The Labute approximate surface area is 80.6 Å². The molecule has 0 unspecified atom stereocenters. The number of carboxylic acid groups (broad SMARTS) is 1. The van der Waals surface area contributed by atoms with Gasteiger partial charge in [-0.05, 0) is 6.92 Å². The minimum atomic E-state index is -0.941. The predicted molar refractivity (Wildman–Crippen MR) is 47.4 cm³/mol. The summed E-state index contributed by atoms with van der Waals surface area (Å²) in [6.07, 6.45) is 2.40. The third-order valence-corrected chi connectivity index (χ3v) is 1.46.